The Balaban J connectivity index is 0.000001000. The van der Waals surface area contributed by atoms with Gasteiger partial charge in [0.25, 0.3) is 0 Å². The Morgan fingerprint density at radius 1 is 1.06 bits per heavy atom. The van der Waals surface area contributed by atoms with Crippen LogP contribution in [0, 0.1) is 0 Å². The maximum atomic E-state index is 2.35. The fraction of sp³-hybridized carbons (Fsp3) is 0.176. The molecule has 2 aliphatic carbocycles. The molecule has 18 heavy (non-hydrogen) atoms. The van der Waals surface area contributed by atoms with Crippen LogP contribution in [0.2, 0.25) is 0 Å². The van der Waals surface area contributed by atoms with Crippen LogP contribution in [0.25, 0.3) is 0 Å². The SMILES string of the molecule is C1=CC[C]([Zr][C]2=C(Cc3ccccc3)C=CC2)=C1.[H-].[H-]. The Kier molecular flexibility index (Phi) is 3.91. The van der Waals surface area contributed by atoms with E-state index in [-0.39, 0.29) is 2.85 Å². The Morgan fingerprint density at radius 3 is 2.72 bits per heavy atom. The molecule has 0 saturated heterocycles. The van der Waals surface area contributed by atoms with Crippen molar-refractivity contribution in [1.29, 1.82) is 0 Å². The monoisotopic (exact) mass is 312 g/mol. The first-order valence-corrected chi connectivity index (χ1v) is 8.93. The number of benzene rings is 1. The van der Waals surface area contributed by atoms with Gasteiger partial charge in [-0.2, -0.15) is 0 Å². The smallest absolute Gasteiger partial charge is 1.00 e. The molecule has 0 aromatic heterocycles. The van der Waals surface area contributed by atoms with Gasteiger partial charge in [0.05, 0.1) is 0 Å². The summed E-state index contributed by atoms with van der Waals surface area (Å²) in [6, 6.07) is 10.8. The molecule has 0 heterocycles. The minimum Gasteiger partial charge on any atom is -1.00 e. The van der Waals surface area contributed by atoms with Gasteiger partial charge in [0.1, 0.15) is 0 Å². The molecule has 0 spiro atoms. The predicted molar refractivity (Wildman–Crippen MR) is 75.0 cm³/mol. The van der Waals surface area contributed by atoms with E-state index in [1.165, 1.54) is 18.4 Å². The van der Waals surface area contributed by atoms with Crippen LogP contribution in [0.5, 0.6) is 0 Å². The Labute approximate surface area is 123 Å². The first kappa shape index (κ1) is 12.1. The van der Waals surface area contributed by atoms with Gasteiger partial charge in [-0.05, 0) is 0 Å². The summed E-state index contributed by atoms with van der Waals surface area (Å²) in [6.07, 6.45) is 15.1. The van der Waals surface area contributed by atoms with Crippen LogP contribution in [0.1, 0.15) is 21.3 Å². The zero-order valence-corrected chi connectivity index (χ0v) is 12.9. The molecule has 0 bridgehead atoms. The van der Waals surface area contributed by atoms with Crippen molar-refractivity contribution in [3.63, 3.8) is 0 Å². The second kappa shape index (κ2) is 5.80. The third-order valence-corrected chi connectivity index (χ3v) is 7.08. The molecule has 92 valence electrons. The number of hydrogen-bond acceptors (Lipinski definition) is 0. The zero-order valence-electron chi connectivity index (χ0n) is 12.4. The normalized spacial score (nSPS) is 17.4. The van der Waals surface area contributed by atoms with Crippen LogP contribution < -0.4 is 0 Å². The van der Waals surface area contributed by atoms with Gasteiger partial charge in [0.2, 0.25) is 0 Å². The molecule has 0 nitrogen and oxygen atoms in total. The van der Waals surface area contributed by atoms with E-state index in [9.17, 15) is 0 Å². The molecule has 2 aliphatic rings. The Morgan fingerprint density at radius 2 is 1.94 bits per heavy atom. The molecule has 0 unspecified atom stereocenters. The van der Waals surface area contributed by atoms with E-state index in [1.807, 2.05) is 0 Å². The third kappa shape index (κ3) is 2.90. The quantitative estimate of drug-likeness (QED) is 0.762. The summed E-state index contributed by atoms with van der Waals surface area (Å²) in [5.41, 5.74) is 3.04. The van der Waals surface area contributed by atoms with E-state index < -0.39 is 23.2 Å². The van der Waals surface area contributed by atoms with E-state index in [2.05, 4.69) is 60.7 Å². The van der Waals surface area contributed by atoms with Gasteiger partial charge in [-0.1, -0.05) is 0 Å². The van der Waals surface area contributed by atoms with E-state index >= 15 is 0 Å². The Hall–Kier alpha value is -0.937. The van der Waals surface area contributed by atoms with Crippen molar-refractivity contribution in [3.8, 4) is 0 Å². The maximum absolute atomic E-state index is 2.35. The summed E-state index contributed by atoms with van der Waals surface area (Å²) in [7, 11) is 0. The molecule has 0 saturated carbocycles. The average molecular weight is 314 g/mol. The van der Waals surface area contributed by atoms with Gasteiger partial charge in [0, 0.05) is 0 Å². The third-order valence-electron chi connectivity index (χ3n) is 3.35. The summed E-state index contributed by atoms with van der Waals surface area (Å²) >= 11 is -0.483. The van der Waals surface area contributed by atoms with Crippen LogP contribution in [0.15, 0.2) is 72.8 Å². The first-order valence-electron chi connectivity index (χ1n) is 6.47. The van der Waals surface area contributed by atoms with Gasteiger partial charge in [-0.15, -0.1) is 0 Å². The summed E-state index contributed by atoms with van der Waals surface area (Å²) < 4.78 is 3.50. The van der Waals surface area contributed by atoms with E-state index in [1.54, 1.807) is 12.1 Å². The van der Waals surface area contributed by atoms with Gasteiger partial charge in [-0.25, -0.2) is 0 Å². The molecule has 0 N–H and O–H groups in total. The van der Waals surface area contributed by atoms with Crippen molar-refractivity contribution in [1.82, 2.24) is 0 Å². The zero-order chi connectivity index (χ0) is 12.2. The molecule has 1 heteroatoms. The van der Waals surface area contributed by atoms with Gasteiger partial charge >= 0.3 is 121 Å². The molecule has 1 aromatic rings. The molecule has 0 radical (unpaired) electrons. The Bertz CT molecular complexity index is 554. The predicted octanol–water partition coefficient (Wildman–Crippen LogP) is 4.59. The molecular formula is C17H18Zr-2. The van der Waals surface area contributed by atoms with Crippen LogP contribution >= 0.6 is 0 Å². The van der Waals surface area contributed by atoms with Crippen LogP contribution in [-0.2, 0) is 29.7 Å². The molecule has 0 aliphatic heterocycles. The minimum atomic E-state index is -0.483. The van der Waals surface area contributed by atoms with Crippen molar-refractivity contribution >= 4 is 0 Å². The maximum Gasteiger partial charge on any atom is -1.00 e. The number of rotatable bonds is 4. The van der Waals surface area contributed by atoms with Gasteiger partial charge < -0.3 is 2.85 Å². The molecule has 1 aromatic carbocycles. The standard InChI is InChI=1S/C12H11.C5H5.Zr.2H/c1-2-6-11(7-3-1)10-12-8-4-5-9-12;1-2-4-5-3-1;;;/h1-4,6-8H,5,10H2;1-3H,4H2;;;/q;;;2*-1. The summed E-state index contributed by atoms with van der Waals surface area (Å²) in [4.78, 5) is 0. The van der Waals surface area contributed by atoms with Crippen molar-refractivity contribution in [2.75, 3.05) is 0 Å². The largest absolute Gasteiger partial charge is 1.00 e. The second-order valence-corrected chi connectivity index (χ2v) is 8.40. The fourth-order valence-corrected chi connectivity index (χ4v) is 5.69. The molecule has 0 amide bonds. The molecule has 3 rings (SSSR count). The van der Waals surface area contributed by atoms with Gasteiger partial charge in [-0.3, -0.25) is 0 Å². The first-order chi connectivity index (χ1) is 8.92. The van der Waals surface area contributed by atoms with Crippen molar-refractivity contribution in [3.05, 3.63) is 78.4 Å². The molecule has 0 atom stereocenters. The van der Waals surface area contributed by atoms with Gasteiger partial charge in [0.15, 0.2) is 0 Å². The summed E-state index contributed by atoms with van der Waals surface area (Å²) in [6.45, 7) is 0. The van der Waals surface area contributed by atoms with E-state index in [4.69, 9.17) is 0 Å². The summed E-state index contributed by atoms with van der Waals surface area (Å²) in [5.74, 6) is 0. The average Bonchev–Trinajstić information content (AvgIpc) is 3.04. The number of allylic oxidation sites excluding steroid dienone is 8. The fourth-order valence-electron chi connectivity index (χ4n) is 2.40. The molecule has 0 fully saturated rings. The van der Waals surface area contributed by atoms with E-state index in [0.717, 1.165) is 6.42 Å². The van der Waals surface area contributed by atoms with Crippen molar-refractivity contribution in [2.24, 2.45) is 0 Å². The van der Waals surface area contributed by atoms with Crippen molar-refractivity contribution in [2.45, 2.75) is 19.3 Å². The van der Waals surface area contributed by atoms with Crippen LogP contribution in [-0.4, -0.2) is 0 Å². The van der Waals surface area contributed by atoms with Crippen LogP contribution in [0.4, 0.5) is 0 Å². The summed E-state index contributed by atoms with van der Waals surface area (Å²) in [5, 5.41) is 0. The minimum absolute atomic E-state index is 0. The van der Waals surface area contributed by atoms with E-state index in [0.29, 0.717) is 0 Å². The topological polar surface area (TPSA) is 0 Å². The van der Waals surface area contributed by atoms with Crippen molar-refractivity contribution < 1.29 is 26.1 Å². The second-order valence-electron chi connectivity index (χ2n) is 4.72. The molecular weight excluding hydrogens is 295 g/mol. The number of hydrogen-bond donors (Lipinski definition) is 0. The van der Waals surface area contributed by atoms with Crippen LogP contribution in [0.3, 0.4) is 0 Å².